The Hall–Kier alpha value is -4.84. The van der Waals surface area contributed by atoms with Gasteiger partial charge in [0.05, 0.1) is 11.0 Å². The second-order valence-corrected chi connectivity index (χ2v) is 9.06. The van der Waals surface area contributed by atoms with Gasteiger partial charge in [0.15, 0.2) is 17.5 Å². The zero-order valence-corrected chi connectivity index (χ0v) is 21.4. The highest BCUT2D eigenvalue weighted by Gasteiger charge is 2.16. The predicted molar refractivity (Wildman–Crippen MR) is 153 cm³/mol. The minimum absolute atomic E-state index is 0.0288. The zero-order valence-electron chi connectivity index (χ0n) is 21.4. The minimum Gasteiger partial charge on any atom is -0.292 e. The normalized spacial score (nSPS) is 11.2. The van der Waals surface area contributed by atoms with Crippen LogP contribution >= 0.6 is 0 Å². The molecule has 6 rings (SSSR count). The maximum atomic E-state index is 13.0. The Morgan fingerprint density at radius 1 is 0.526 bits per heavy atom. The van der Waals surface area contributed by atoms with E-state index in [1.54, 1.807) is 0 Å². The van der Waals surface area contributed by atoms with Gasteiger partial charge in [-0.25, -0.2) is 19.7 Å². The molecule has 0 aliphatic rings. The summed E-state index contributed by atoms with van der Waals surface area (Å²) in [6.07, 6.45) is 0. The lowest BCUT2D eigenvalue weighted by Crippen LogP contribution is -2.23. The lowest BCUT2D eigenvalue weighted by molar-refractivity contribution is 0.671. The number of nitrogens with zero attached hydrogens (tertiary/aromatic N) is 5. The number of benzene rings is 4. The van der Waals surface area contributed by atoms with E-state index in [1.165, 1.54) is 0 Å². The van der Waals surface area contributed by atoms with E-state index in [0.717, 1.165) is 38.9 Å². The van der Waals surface area contributed by atoms with E-state index in [-0.39, 0.29) is 5.69 Å². The summed E-state index contributed by atoms with van der Waals surface area (Å²) in [6.45, 7) is 5.27. The number of para-hydroxylation sites is 1. The quantitative estimate of drug-likeness (QED) is 0.257. The number of rotatable bonds is 6. The van der Waals surface area contributed by atoms with Gasteiger partial charge in [-0.2, -0.15) is 0 Å². The lowest BCUT2D eigenvalue weighted by Gasteiger charge is -2.10. The zero-order chi connectivity index (χ0) is 26.1. The van der Waals surface area contributed by atoms with Crippen molar-refractivity contribution in [3.63, 3.8) is 0 Å². The van der Waals surface area contributed by atoms with Crippen LogP contribution in [0.3, 0.4) is 0 Å². The maximum Gasteiger partial charge on any atom is 0.329 e. The van der Waals surface area contributed by atoms with Crippen molar-refractivity contribution in [1.29, 1.82) is 0 Å². The lowest BCUT2D eigenvalue weighted by atomic mass is 10.0. The molecule has 0 atom stereocenters. The molecule has 4 aromatic carbocycles. The molecule has 0 fully saturated rings. The summed E-state index contributed by atoms with van der Waals surface area (Å²) in [5.41, 5.74) is 6.80. The highest BCUT2D eigenvalue weighted by Crippen LogP contribution is 2.31. The molecule has 0 aliphatic heterocycles. The first-order chi connectivity index (χ1) is 18.7. The van der Waals surface area contributed by atoms with Gasteiger partial charge in [-0.05, 0) is 25.5 Å². The molecule has 186 valence electrons. The molecule has 0 spiro atoms. The van der Waals surface area contributed by atoms with Gasteiger partial charge in [-0.1, -0.05) is 97.1 Å². The number of hydrogen-bond acceptors (Lipinski definition) is 4. The minimum atomic E-state index is 0.0288. The smallest absolute Gasteiger partial charge is 0.292 e. The fourth-order valence-electron chi connectivity index (χ4n) is 4.95. The van der Waals surface area contributed by atoms with Gasteiger partial charge in [0, 0.05) is 35.3 Å². The summed E-state index contributed by atoms with van der Waals surface area (Å²) >= 11 is 0. The molecule has 2 heterocycles. The number of aryl methyl sites for hydroxylation is 2. The van der Waals surface area contributed by atoms with Crippen molar-refractivity contribution in [3.05, 3.63) is 114 Å². The number of fused-ring (bicyclic) bond motifs is 1. The van der Waals surface area contributed by atoms with E-state index in [2.05, 4.69) is 18.2 Å². The standard InChI is InChI=1S/C32H27N5O/c1-3-36-27-17-11-16-26(28(27)37(4-2)32(36)38)22-18-20-25(21-19-22)31-34-29(23-12-7-5-8-13-23)33-30(35-31)24-14-9-6-10-15-24/h5-21H,3-4H2,1-2H3. The monoisotopic (exact) mass is 497 g/mol. The highest BCUT2D eigenvalue weighted by molar-refractivity contribution is 5.93. The summed E-state index contributed by atoms with van der Waals surface area (Å²) in [7, 11) is 0. The van der Waals surface area contributed by atoms with Crippen molar-refractivity contribution in [3.8, 4) is 45.3 Å². The molecule has 6 nitrogen and oxygen atoms in total. The van der Waals surface area contributed by atoms with Gasteiger partial charge < -0.3 is 0 Å². The van der Waals surface area contributed by atoms with E-state index >= 15 is 0 Å². The molecular weight excluding hydrogens is 470 g/mol. The van der Waals surface area contributed by atoms with Crippen molar-refractivity contribution in [1.82, 2.24) is 24.1 Å². The maximum absolute atomic E-state index is 13.0. The molecule has 0 amide bonds. The fourth-order valence-corrected chi connectivity index (χ4v) is 4.95. The third-order valence-corrected chi connectivity index (χ3v) is 6.82. The van der Waals surface area contributed by atoms with Gasteiger partial charge >= 0.3 is 5.69 Å². The molecule has 0 bridgehead atoms. The molecule has 0 unspecified atom stereocenters. The summed E-state index contributed by atoms with van der Waals surface area (Å²) < 4.78 is 3.68. The molecule has 6 aromatic rings. The topological polar surface area (TPSA) is 65.6 Å². The van der Waals surface area contributed by atoms with E-state index in [0.29, 0.717) is 30.6 Å². The number of aromatic nitrogens is 5. The van der Waals surface area contributed by atoms with E-state index in [1.807, 2.05) is 108 Å². The van der Waals surface area contributed by atoms with Crippen LogP contribution in [0.5, 0.6) is 0 Å². The Morgan fingerprint density at radius 2 is 1.00 bits per heavy atom. The van der Waals surface area contributed by atoms with Gasteiger partial charge in [-0.15, -0.1) is 0 Å². The van der Waals surface area contributed by atoms with E-state index in [4.69, 9.17) is 15.0 Å². The molecule has 0 radical (unpaired) electrons. The molecule has 2 aromatic heterocycles. The first kappa shape index (κ1) is 23.6. The van der Waals surface area contributed by atoms with Crippen LogP contribution < -0.4 is 5.69 Å². The van der Waals surface area contributed by atoms with Crippen LogP contribution in [0.15, 0.2) is 108 Å². The van der Waals surface area contributed by atoms with Crippen LogP contribution in [0.25, 0.3) is 56.3 Å². The molecular formula is C32H27N5O. The third kappa shape index (κ3) is 4.10. The Labute approximate surface area is 220 Å². The fraction of sp³-hybridized carbons (Fsp3) is 0.125. The van der Waals surface area contributed by atoms with Crippen LogP contribution in [-0.2, 0) is 13.1 Å². The second-order valence-electron chi connectivity index (χ2n) is 9.06. The van der Waals surface area contributed by atoms with Gasteiger partial charge in [-0.3, -0.25) is 9.13 Å². The van der Waals surface area contributed by atoms with Crippen molar-refractivity contribution in [2.75, 3.05) is 0 Å². The second kappa shape index (κ2) is 9.90. The summed E-state index contributed by atoms with van der Waals surface area (Å²) in [5, 5.41) is 0. The average Bonchev–Trinajstić information content (AvgIpc) is 3.28. The molecule has 0 saturated carbocycles. The summed E-state index contributed by atoms with van der Waals surface area (Å²) in [6, 6.07) is 34.3. The molecule has 0 saturated heterocycles. The Bertz CT molecular complexity index is 1730. The number of imidazole rings is 1. The van der Waals surface area contributed by atoms with Crippen LogP contribution in [0.4, 0.5) is 0 Å². The molecule has 0 N–H and O–H groups in total. The predicted octanol–water partition coefficient (Wildman–Crippen LogP) is 6.70. The molecule has 0 aliphatic carbocycles. The van der Waals surface area contributed by atoms with E-state index in [9.17, 15) is 4.79 Å². The van der Waals surface area contributed by atoms with Gasteiger partial charge in [0.2, 0.25) is 0 Å². The van der Waals surface area contributed by atoms with Crippen molar-refractivity contribution in [2.45, 2.75) is 26.9 Å². The van der Waals surface area contributed by atoms with E-state index < -0.39 is 0 Å². The van der Waals surface area contributed by atoms with Crippen LogP contribution in [0.2, 0.25) is 0 Å². The largest absolute Gasteiger partial charge is 0.329 e. The van der Waals surface area contributed by atoms with Crippen LogP contribution in [0.1, 0.15) is 13.8 Å². The summed E-state index contributed by atoms with van der Waals surface area (Å²) in [4.78, 5) is 27.4. The van der Waals surface area contributed by atoms with Crippen LogP contribution in [0, 0.1) is 0 Å². The summed E-state index contributed by atoms with van der Waals surface area (Å²) in [5.74, 6) is 1.89. The van der Waals surface area contributed by atoms with Gasteiger partial charge in [0.25, 0.3) is 0 Å². The average molecular weight is 498 g/mol. The molecule has 6 heteroatoms. The Kier molecular flexibility index (Phi) is 6.14. The third-order valence-electron chi connectivity index (χ3n) is 6.82. The van der Waals surface area contributed by atoms with Crippen molar-refractivity contribution in [2.24, 2.45) is 0 Å². The SMILES string of the molecule is CCn1c(=O)n(CC)c2c(-c3ccc(-c4nc(-c5ccccc5)nc(-c5ccccc5)n4)cc3)cccc21. The first-order valence-corrected chi connectivity index (χ1v) is 12.9. The van der Waals surface area contributed by atoms with Crippen molar-refractivity contribution >= 4 is 11.0 Å². The van der Waals surface area contributed by atoms with Crippen LogP contribution in [-0.4, -0.2) is 24.1 Å². The van der Waals surface area contributed by atoms with Crippen molar-refractivity contribution < 1.29 is 0 Å². The van der Waals surface area contributed by atoms with Gasteiger partial charge in [0.1, 0.15) is 0 Å². The number of hydrogen-bond donors (Lipinski definition) is 0. The Morgan fingerprint density at radius 3 is 1.50 bits per heavy atom. The highest BCUT2D eigenvalue weighted by atomic mass is 16.1. The Balaban J connectivity index is 1.47. The first-order valence-electron chi connectivity index (χ1n) is 12.9. The molecule has 38 heavy (non-hydrogen) atoms.